The van der Waals surface area contributed by atoms with Crippen molar-refractivity contribution in [1.29, 1.82) is 0 Å². The minimum atomic E-state index is -0.921. The molecule has 0 spiro atoms. The van der Waals surface area contributed by atoms with Gasteiger partial charge in [0.2, 0.25) is 5.91 Å². The molecule has 1 unspecified atom stereocenters. The highest BCUT2D eigenvalue weighted by Crippen LogP contribution is 2.44. The van der Waals surface area contributed by atoms with Crippen LogP contribution in [0.2, 0.25) is 0 Å². The zero-order chi connectivity index (χ0) is 24.3. The molecule has 0 aliphatic heterocycles. The van der Waals surface area contributed by atoms with E-state index in [1.54, 1.807) is 0 Å². The first-order chi connectivity index (χ1) is 16.3. The Morgan fingerprint density at radius 2 is 1.62 bits per heavy atom. The van der Waals surface area contributed by atoms with Crippen LogP contribution >= 0.6 is 0 Å². The average Bonchev–Trinajstić information content (AvgIpc) is 3.46. The van der Waals surface area contributed by atoms with Gasteiger partial charge in [0.15, 0.2) is 0 Å². The molecule has 2 aliphatic rings. The van der Waals surface area contributed by atoms with Crippen molar-refractivity contribution in [3.05, 3.63) is 59.7 Å². The van der Waals surface area contributed by atoms with Crippen molar-refractivity contribution in [1.82, 2.24) is 10.6 Å². The van der Waals surface area contributed by atoms with E-state index >= 15 is 0 Å². The van der Waals surface area contributed by atoms with E-state index in [2.05, 4.69) is 34.9 Å². The molecule has 0 saturated heterocycles. The molecular weight excluding hydrogens is 432 g/mol. The van der Waals surface area contributed by atoms with Crippen LogP contribution in [0.1, 0.15) is 56.6 Å². The number of benzene rings is 2. The van der Waals surface area contributed by atoms with Gasteiger partial charge in [-0.3, -0.25) is 9.59 Å². The van der Waals surface area contributed by atoms with Crippen LogP contribution in [0.5, 0.6) is 0 Å². The fraction of sp³-hybridized carbons (Fsp3) is 0.444. The van der Waals surface area contributed by atoms with E-state index in [1.165, 1.54) is 0 Å². The van der Waals surface area contributed by atoms with E-state index in [0.717, 1.165) is 22.3 Å². The topological polar surface area (TPSA) is 105 Å². The fourth-order valence-corrected chi connectivity index (χ4v) is 4.86. The van der Waals surface area contributed by atoms with Gasteiger partial charge in [-0.25, -0.2) is 4.79 Å². The summed E-state index contributed by atoms with van der Waals surface area (Å²) in [4.78, 5) is 36.5. The van der Waals surface area contributed by atoms with Gasteiger partial charge in [0.1, 0.15) is 6.61 Å². The summed E-state index contributed by atoms with van der Waals surface area (Å²) in [5.41, 5.74) is 3.97. The maximum absolute atomic E-state index is 12.9. The molecule has 0 heterocycles. The van der Waals surface area contributed by atoms with Crippen molar-refractivity contribution in [2.75, 3.05) is 13.2 Å². The summed E-state index contributed by atoms with van der Waals surface area (Å²) in [7, 11) is 0. The standard InChI is InChI=1S/C27H32N2O5/c1-17(2)13-18(25(32)29-27(11-12-27)14-24(30)31)15-28-26(33)34-16-23-21-9-5-3-7-19(21)20-8-4-6-10-22(20)23/h3-10,17-18,23H,11-16H2,1-2H3,(H,28,33)(H,29,32)(H,30,31). The van der Waals surface area contributed by atoms with Crippen molar-refractivity contribution < 1.29 is 24.2 Å². The van der Waals surface area contributed by atoms with Crippen LogP contribution in [0.3, 0.4) is 0 Å². The maximum atomic E-state index is 12.9. The largest absolute Gasteiger partial charge is 0.481 e. The summed E-state index contributed by atoms with van der Waals surface area (Å²) >= 11 is 0. The van der Waals surface area contributed by atoms with E-state index < -0.39 is 23.5 Å². The van der Waals surface area contributed by atoms with Crippen LogP contribution in [0.15, 0.2) is 48.5 Å². The number of carbonyl (C=O) groups is 3. The number of fused-ring (bicyclic) bond motifs is 3. The molecule has 2 amide bonds. The predicted octanol–water partition coefficient (Wildman–Crippen LogP) is 4.31. The predicted molar refractivity (Wildman–Crippen MR) is 128 cm³/mol. The summed E-state index contributed by atoms with van der Waals surface area (Å²) in [6.07, 6.45) is 1.28. The van der Waals surface area contributed by atoms with Gasteiger partial charge in [-0.15, -0.1) is 0 Å². The zero-order valence-corrected chi connectivity index (χ0v) is 19.7. The quantitative estimate of drug-likeness (QED) is 0.486. The van der Waals surface area contributed by atoms with Crippen molar-refractivity contribution in [3.63, 3.8) is 0 Å². The molecule has 1 fully saturated rings. The van der Waals surface area contributed by atoms with E-state index in [-0.39, 0.29) is 37.3 Å². The lowest BCUT2D eigenvalue weighted by Crippen LogP contribution is -2.45. The van der Waals surface area contributed by atoms with Crippen molar-refractivity contribution >= 4 is 18.0 Å². The third-order valence-electron chi connectivity index (χ3n) is 6.69. The molecule has 180 valence electrons. The van der Waals surface area contributed by atoms with Gasteiger partial charge in [0.05, 0.1) is 17.9 Å². The van der Waals surface area contributed by atoms with E-state index in [0.29, 0.717) is 19.3 Å². The van der Waals surface area contributed by atoms with Crippen LogP contribution in [-0.2, 0) is 14.3 Å². The van der Waals surface area contributed by atoms with Gasteiger partial charge in [0.25, 0.3) is 0 Å². The van der Waals surface area contributed by atoms with Crippen molar-refractivity contribution in [3.8, 4) is 11.1 Å². The molecule has 2 aromatic rings. The summed E-state index contributed by atoms with van der Waals surface area (Å²) in [5, 5.41) is 14.8. The molecule has 0 radical (unpaired) electrons. The number of carboxylic acid groups (broad SMARTS) is 1. The number of carbonyl (C=O) groups excluding carboxylic acids is 2. The summed E-state index contributed by atoms with van der Waals surface area (Å²) in [6.45, 7) is 4.38. The minimum absolute atomic E-state index is 0.0290. The van der Waals surface area contributed by atoms with Crippen LogP contribution in [0, 0.1) is 11.8 Å². The lowest BCUT2D eigenvalue weighted by molar-refractivity contribution is -0.138. The molecule has 34 heavy (non-hydrogen) atoms. The number of carboxylic acids is 1. The minimum Gasteiger partial charge on any atom is -0.481 e. The molecule has 0 aromatic heterocycles. The van der Waals surface area contributed by atoms with Gasteiger partial charge in [-0.05, 0) is 47.4 Å². The first kappa shape index (κ1) is 23.8. The molecular formula is C27H32N2O5. The molecule has 0 bridgehead atoms. The number of aliphatic carboxylic acids is 1. The normalized spacial score (nSPS) is 16.3. The third kappa shape index (κ3) is 5.41. The van der Waals surface area contributed by atoms with Crippen LogP contribution in [0.4, 0.5) is 4.79 Å². The molecule has 2 aromatic carbocycles. The summed E-state index contributed by atoms with van der Waals surface area (Å²) < 4.78 is 5.58. The molecule has 3 N–H and O–H groups in total. The number of hydrogen-bond donors (Lipinski definition) is 3. The Balaban J connectivity index is 1.34. The Morgan fingerprint density at radius 1 is 1.03 bits per heavy atom. The maximum Gasteiger partial charge on any atom is 0.407 e. The Bertz CT molecular complexity index is 1030. The van der Waals surface area contributed by atoms with Gasteiger partial charge >= 0.3 is 12.1 Å². The number of alkyl carbamates (subject to hydrolysis) is 1. The Hall–Kier alpha value is -3.35. The lowest BCUT2D eigenvalue weighted by Gasteiger charge is -2.23. The first-order valence-corrected chi connectivity index (χ1v) is 11.9. The molecule has 4 rings (SSSR count). The molecule has 7 nitrogen and oxygen atoms in total. The van der Waals surface area contributed by atoms with E-state index in [4.69, 9.17) is 9.84 Å². The summed E-state index contributed by atoms with van der Waals surface area (Å²) in [6, 6.07) is 16.3. The Morgan fingerprint density at radius 3 is 2.15 bits per heavy atom. The number of amides is 2. The fourth-order valence-electron chi connectivity index (χ4n) is 4.86. The Labute approximate surface area is 199 Å². The second-order valence-corrected chi connectivity index (χ2v) is 9.87. The van der Waals surface area contributed by atoms with Gasteiger partial charge < -0.3 is 20.5 Å². The number of ether oxygens (including phenoxy) is 1. The van der Waals surface area contributed by atoms with Crippen LogP contribution in [0.25, 0.3) is 11.1 Å². The van der Waals surface area contributed by atoms with Crippen LogP contribution in [-0.4, -0.2) is 41.8 Å². The zero-order valence-electron chi connectivity index (χ0n) is 19.7. The monoisotopic (exact) mass is 464 g/mol. The number of hydrogen-bond acceptors (Lipinski definition) is 4. The van der Waals surface area contributed by atoms with Crippen LogP contribution < -0.4 is 10.6 Å². The number of rotatable bonds is 10. The highest BCUT2D eigenvalue weighted by Gasteiger charge is 2.46. The number of nitrogens with one attached hydrogen (secondary N) is 2. The van der Waals surface area contributed by atoms with Gasteiger partial charge in [-0.1, -0.05) is 62.4 Å². The molecule has 1 saturated carbocycles. The second-order valence-electron chi connectivity index (χ2n) is 9.87. The lowest BCUT2D eigenvalue weighted by atomic mass is 9.95. The second kappa shape index (κ2) is 9.87. The molecule has 7 heteroatoms. The van der Waals surface area contributed by atoms with Gasteiger partial charge in [-0.2, -0.15) is 0 Å². The molecule has 2 aliphatic carbocycles. The molecule has 1 atom stereocenters. The van der Waals surface area contributed by atoms with E-state index in [9.17, 15) is 14.4 Å². The highest BCUT2D eigenvalue weighted by molar-refractivity contribution is 5.82. The Kier molecular flexibility index (Phi) is 6.91. The smallest absolute Gasteiger partial charge is 0.407 e. The van der Waals surface area contributed by atoms with E-state index in [1.807, 2.05) is 38.1 Å². The van der Waals surface area contributed by atoms with Gasteiger partial charge in [0, 0.05) is 12.5 Å². The SMILES string of the molecule is CC(C)CC(CNC(=O)OCC1c2ccccc2-c2ccccc21)C(=O)NC1(CC(=O)O)CC1. The first-order valence-electron chi connectivity index (χ1n) is 11.9. The van der Waals surface area contributed by atoms with Crippen molar-refractivity contribution in [2.24, 2.45) is 11.8 Å². The highest BCUT2D eigenvalue weighted by atomic mass is 16.5. The summed E-state index contributed by atoms with van der Waals surface area (Å²) in [5.74, 6) is -1.37. The van der Waals surface area contributed by atoms with Crippen molar-refractivity contribution in [2.45, 2.75) is 51.0 Å². The third-order valence-corrected chi connectivity index (χ3v) is 6.69. The average molecular weight is 465 g/mol.